The predicted octanol–water partition coefficient (Wildman–Crippen LogP) is 3.05. The van der Waals surface area contributed by atoms with Crippen molar-refractivity contribution in [2.75, 3.05) is 10.8 Å². The Morgan fingerprint density at radius 3 is 2.48 bits per heavy atom. The predicted molar refractivity (Wildman–Crippen MR) is 82.1 cm³/mol. The van der Waals surface area contributed by atoms with Gasteiger partial charge in [0.1, 0.15) is 11.9 Å². The largest absolute Gasteiger partial charge is 0.486 e. The van der Waals surface area contributed by atoms with Gasteiger partial charge in [0.25, 0.3) is 10.0 Å². The molecule has 0 amide bonds. The van der Waals surface area contributed by atoms with E-state index in [4.69, 9.17) is 4.74 Å². The fourth-order valence-electron chi connectivity index (χ4n) is 2.42. The Morgan fingerprint density at radius 1 is 1.10 bits per heavy atom. The van der Waals surface area contributed by atoms with Crippen molar-refractivity contribution >= 4 is 15.7 Å². The van der Waals surface area contributed by atoms with Crippen LogP contribution in [0.1, 0.15) is 13.3 Å². The van der Waals surface area contributed by atoms with E-state index in [0.29, 0.717) is 22.9 Å². The third-order valence-corrected chi connectivity index (χ3v) is 5.38. The monoisotopic (exact) mass is 303 g/mol. The minimum Gasteiger partial charge on any atom is -0.486 e. The summed E-state index contributed by atoms with van der Waals surface area (Å²) in [5.74, 6) is 0.620. The van der Waals surface area contributed by atoms with E-state index in [2.05, 4.69) is 0 Å². The molecule has 0 radical (unpaired) electrons. The summed E-state index contributed by atoms with van der Waals surface area (Å²) in [7, 11) is -3.57. The van der Waals surface area contributed by atoms with Gasteiger partial charge in [0.05, 0.1) is 17.1 Å². The minimum atomic E-state index is -3.57. The van der Waals surface area contributed by atoms with Crippen LogP contribution in [-0.4, -0.2) is 21.1 Å². The van der Waals surface area contributed by atoms with E-state index in [1.807, 2.05) is 25.1 Å². The maximum Gasteiger partial charge on any atom is 0.264 e. The van der Waals surface area contributed by atoms with Gasteiger partial charge < -0.3 is 4.74 Å². The summed E-state index contributed by atoms with van der Waals surface area (Å²) in [6, 6.07) is 15.8. The van der Waals surface area contributed by atoms with E-state index in [9.17, 15) is 8.42 Å². The molecule has 1 heterocycles. The Hall–Kier alpha value is -2.01. The first-order chi connectivity index (χ1) is 10.1. The number of sulfonamides is 1. The summed E-state index contributed by atoms with van der Waals surface area (Å²) in [5, 5.41) is 0. The number of para-hydroxylation sites is 2. The van der Waals surface area contributed by atoms with Gasteiger partial charge in [-0.3, -0.25) is 4.31 Å². The highest BCUT2D eigenvalue weighted by Crippen LogP contribution is 2.37. The molecule has 5 heteroatoms. The topological polar surface area (TPSA) is 46.6 Å². The number of hydrogen-bond acceptors (Lipinski definition) is 3. The highest BCUT2D eigenvalue weighted by molar-refractivity contribution is 7.92. The Bertz CT molecular complexity index is 728. The molecule has 3 rings (SSSR count). The van der Waals surface area contributed by atoms with Crippen molar-refractivity contribution in [1.82, 2.24) is 0 Å². The SMILES string of the molecule is CCC1CN(S(=O)(=O)c2ccccc2)c2ccccc2O1. The standard InChI is InChI=1S/C16H17NO3S/c1-2-13-12-17(15-10-6-7-11-16(15)20-13)21(18,19)14-8-4-3-5-9-14/h3-11,13H,2,12H2,1H3. The molecule has 1 atom stereocenters. The minimum absolute atomic E-state index is 0.126. The van der Waals surface area contributed by atoms with Crippen molar-refractivity contribution in [3.05, 3.63) is 54.6 Å². The number of anilines is 1. The molecule has 2 aromatic carbocycles. The van der Waals surface area contributed by atoms with E-state index in [1.165, 1.54) is 4.31 Å². The highest BCUT2D eigenvalue weighted by Gasteiger charge is 2.33. The molecule has 0 aliphatic carbocycles. The molecular formula is C16H17NO3S. The van der Waals surface area contributed by atoms with Gasteiger partial charge in [0.2, 0.25) is 0 Å². The molecule has 0 aromatic heterocycles. The second kappa shape index (κ2) is 5.41. The zero-order chi connectivity index (χ0) is 14.9. The summed E-state index contributed by atoms with van der Waals surface area (Å²) in [5.41, 5.74) is 0.603. The summed E-state index contributed by atoms with van der Waals surface area (Å²) < 4.78 is 33.1. The van der Waals surface area contributed by atoms with Gasteiger partial charge >= 0.3 is 0 Å². The van der Waals surface area contributed by atoms with Gasteiger partial charge in [-0.05, 0) is 30.7 Å². The van der Waals surface area contributed by atoms with Crippen LogP contribution in [0.15, 0.2) is 59.5 Å². The van der Waals surface area contributed by atoms with E-state index >= 15 is 0 Å². The second-order valence-electron chi connectivity index (χ2n) is 4.97. The molecule has 1 unspecified atom stereocenters. The lowest BCUT2D eigenvalue weighted by atomic mass is 10.2. The van der Waals surface area contributed by atoms with Crippen molar-refractivity contribution < 1.29 is 13.2 Å². The maximum absolute atomic E-state index is 12.9. The van der Waals surface area contributed by atoms with Gasteiger partial charge in [-0.15, -0.1) is 0 Å². The third-order valence-electron chi connectivity index (χ3n) is 3.58. The molecule has 0 saturated carbocycles. The zero-order valence-electron chi connectivity index (χ0n) is 11.8. The fourth-order valence-corrected chi connectivity index (χ4v) is 3.95. The fraction of sp³-hybridized carbons (Fsp3) is 0.250. The lowest BCUT2D eigenvalue weighted by molar-refractivity contribution is 0.196. The normalized spacial score (nSPS) is 18.0. The van der Waals surface area contributed by atoms with Crippen LogP contribution in [0.5, 0.6) is 5.75 Å². The average Bonchev–Trinajstić information content (AvgIpc) is 2.54. The van der Waals surface area contributed by atoms with Crippen LogP contribution >= 0.6 is 0 Å². The van der Waals surface area contributed by atoms with Crippen LogP contribution in [0.2, 0.25) is 0 Å². The van der Waals surface area contributed by atoms with E-state index in [-0.39, 0.29) is 6.10 Å². The van der Waals surface area contributed by atoms with Gasteiger partial charge in [0.15, 0.2) is 0 Å². The van der Waals surface area contributed by atoms with Crippen LogP contribution in [0.25, 0.3) is 0 Å². The molecule has 0 spiro atoms. The van der Waals surface area contributed by atoms with E-state index < -0.39 is 10.0 Å². The van der Waals surface area contributed by atoms with Gasteiger partial charge in [-0.2, -0.15) is 0 Å². The van der Waals surface area contributed by atoms with Crippen molar-refractivity contribution in [3.63, 3.8) is 0 Å². The number of hydrogen-bond donors (Lipinski definition) is 0. The number of rotatable bonds is 3. The quantitative estimate of drug-likeness (QED) is 0.875. The lowest BCUT2D eigenvalue weighted by Gasteiger charge is -2.35. The first-order valence-electron chi connectivity index (χ1n) is 6.96. The molecule has 21 heavy (non-hydrogen) atoms. The molecule has 0 saturated heterocycles. The number of nitrogens with zero attached hydrogens (tertiary/aromatic N) is 1. The Kier molecular flexibility index (Phi) is 3.59. The lowest BCUT2D eigenvalue weighted by Crippen LogP contribution is -2.43. The van der Waals surface area contributed by atoms with Crippen LogP contribution in [0.3, 0.4) is 0 Å². The number of fused-ring (bicyclic) bond motifs is 1. The zero-order valence-corrected chi connectivity index (χ0v) is 12.6. The first-order valence-corrected chi connectivity index (χ1v) is 8.40. The Labute approximate surface area is 125 Å². The van der Waals surface area contributed by atoms with Crippen LogP contribution < -0.4 is 9.04 Å². The number of benzene rings is 2. The van der Waals surface area contributed by atoms with Gasteiger partial charge in [-0.1, -0.05) is 37.3 Å². The summed E-state index contributed by atoms with van der Waals surface area (Å²) >= 11 is 0. The molecule has 0 bridgehead atoms. The maximum atomic E-state index is 12.9. The molecular weight excluding hydrogens is 286 g/mol. The molecule has 2 aromatic rings. The summed E-state index contributed by atoms with van der Waals surface area (Å²) in [6.07, 6.45) is 0.633. The Balaban J connectivity index is 2.09. The summed E-state index contributed by atoms with van der Waals surface area (Å²) in [4.78, 5) is 0.302. The van der Waals surface area contributed by atoms with Crippen molar-refractivity contribution in [2.45, 2.75) is 24.3 Å². The van der Waals surface area contributed by atoms with Gasteiger partial charge in [0, 0.05) is 0 Å². The molecule has 0 N–H and O–H groups in total. The first kappa shape index (κ1) is 13.9. The summed E-state index contributed by atoms with van der Waals surface area (Å²) in [6.45, 7) is 2.33. The third kappa shape index (κ3) is 2.49. The number of ether oxygens (including phenoxy) is 1. The van der Waals surface area contributed by atoms with Crippen LogP contribution in [0, 0.1) is 0 Å². The molecule has 1 aliphatic rings. The van der Waals surface area contributed by atoms with E-state index in [0.717, 1.165) is 6.42 Å². The van der Waals surface area contributed by atoms with Crippen molar-refractivity contribution in [3.8, 4) is 5.75 Å². The average molecular weight is 303 g/mol. The van der Waals surface area contributed by atoms with E-state index in [1.54, 1.807) is 36.4 Å². The van der Waals surface area contributed by atoms with Gasteiger partial charge in [-0.25, -0.2) is 8.42 Å². The molecule has 4 nitrogen and oxygen atoms in total. The molecule has 0 fully saturated rings. The van der Waals surface area contributed by atoms with Crippen LogP contribution in [0.4, 0.5) is 5.69 Å². The van der Waals surface area contributed by atoms with Crippen molar-refractivity contribution in [2.24, 2.45) is 0 Å². The Morgan fingerprint density at radius 2 is 1.76 bits per heavy atom. The highest BCUT2D eigenvalue weighted by atomic mass is 32.2. The van der Waals surface area contributed by atoms with Crippen LogP contribution in [-0.2, 0) is 10.0 Å². The second-order valence-corrected chi connectivity index (χ2v) is 6.83. The smallest absolute Gasteiger partial charge is 0.264 e. The molecule has 110 valence electrons. The molecule has 1 aliphatic heterocycles. The van der Waals surface area contributed by atoms with Crippen molar-refractivity contribution in [1.29, 1.82) is 0 Å².